The number of hydrogen-bond donors (Lipinski definition) is 1. The van der Waals surface area contributed by atoms with Crippen molar-refractivity contribution in [2.24, 2.45) is 0 Å². The van der Waals surface area contributed by atoms with Gasteiger partial charge in [0.2, 0.25) is 5.91 Å². The van der Waals surface area contributed by atoms with Crippen LogP contribution in [0.4, 0.5) is 18.0 Å². The van der Waals surface area contributed by atoms with Crippen LogP contribution in [-0.2, 0) is 16.0 Å². The van der Waals surface area contributed by atoms with E-state index in [1.54, 1.807) is 39.0 Å². The normalized spacial score (nSPS) is 21.1. The first-order chi connectivity index (χ1) is 15.5. The Bertz CT molecular complexity index is 1030. The molecule has 3 rings (SSSR count). The first-order valence-corrected chi connectivity index (χ1v) is 11.5. The third-order valence-corrected chi connectivity index (χ3v) is 6.05. The van der Waals surface area contributed by atoms with Gasteiger partial charge in [0.15, 0.2) is 0 Å². The van der Waals surface area contributed by atoms with Crippen molar-refractivity contribution in [3.05, 3.63) is 71.0 Å². The number of alkyl halides is 1. The summed E-state index contributed by atoms with van der Waals surface area (Å²) in [7, 11) is 0. The molecule has 2 aromatic rings. The summed E-state index contributed by atoms with van der Waals surface area (Å²) >= 11 is 3.33. The highest BCUT2D eigenvalue weighted by Crippen LogP contribution is 2.36. The summed E-state index contributed by atoms with van der Waals surface area (Å²) in [6.45, 7) is 5.15. The zero-order valence-electron chi connectivity index (χ0n) is 18.6. The molecule has 0 aromatic heterocycles. The molecule has 9 heteroatoms. The molecular weight excluding hydrogens is 501 g/mol. The third kappa shape index (κ3) is 6.28. The van der Waals surface area contributed by atoms with E-state index in [0.29, 0.717) is 5.56 Å². The molecule has 0 radical (unpaired) electrons. The lowest BCUT2D eigenvalue weighted by Crippen LogP contribution is -2.57. The first-order valence-electron chi connectivity index (χ1n) is 10.6. The lowest BCUT2D eigenvalue weighted by atomic mass is 9.89. The fourth-order valence-corrected chi connectivity index (χ4v) is 4.57. The van der Waals surface area contributed by atoms with E-state index in [-0.39, 0.29) is 30.9 Å². The van der Waals surface area contributed by atoms with Crippen LogP contribution in [0.5, 0.6) is 0 Å². The monoisotopic (exact) mass is 526 g/mol. The molecule has 0 bridgehead atoms. The van der Waals surface area contributed by atoms with Crippen molar-refractivity contribution in [3.8, 4) is 0 Å². The number of carbonyl (C=O) groups excluding carboxylic acids is 2. The molecule has 178 valence electrons. The van der Waals surface area contributed by atoms with E-state index in [0.717, 1.165) is 18.2 Å². The Morgan fingerprint density at radius 3 is 2.52 bits per heavy atom. The highest BCUT2D eigenvalue weighted by molar-refractivity contribution is 9.10. The van der Waals surface area contributed by atoms with Crippen LogP contribution >= 0.6 is 15.9 Å². The quantitative estimate of drug-likeness (QED) is 0.539. The molecule has 1 aliphatic rings. The number of piperidine rings is 1. The highest BCUT2D eigenvalue weighted by Gasteiger charge is 2.43. The van der Waals surface area contributed by atoms with E-state index in [4.69, 9.17) is 4.74 Å². The van der Waals surface area contributed by atoms with Gasteiger partial charge < -0.3 is 15.0 Å². The molecule has 1 aliphatic heterocycles. The molecule has 2 amide bonds. The molecule has 3 atom stereocenters. The van der Waals surface area contributed by atoms with Crippen LogP contribution in [0.25, 0.3) is 0 Å². The number of halogens is 4. The molecule has 1 fully saturated rings. The number of hydrogen-bond acceptors (Lipinski definition) is 3. The Kier molecular flexibility index (Phi) is 7.72. The highest BCUT2D eigenvalue weighted by atomic mass is 79.9. The molecule has 5 nitrogen and oxygen atoms in total. The number of alkyl carbamates (subject to hydrolysis) is 1. The summed E-state index contributed by atoms with van der Waals surface area (Å²) in [4.78, 5) is 26.3. The number of ether oxygens (including phenoxy) is 1. The maximum atomic E-state index is 14.8. The number of likely N-dealkylation sites (tertiary alicyclic amines) is 1. The van der Waals surface area contributed by atoms with Gasteiger partial charge in [0, 0.05) is 12.1 Å². The molecule has 1 saturated heterocycles. The van der Waals surface area contributed by atoms with Crippen LogP contribution in [0.2, 0.25) is 0 Å². The van der Waals surface area contributed by atoms with Crippen molar-refractivity contribution in [3.63, 3.8) is 0 Å². The number of amides is 2. The minimum absolute atomic E-state index is 0.0367. The number of benzene rings is 2. The van der Waals surface area contributed by atoms with Crippen molar-refractivity contribution in [1.82, 2.24) is 10.2 Å². The largest absolute Gasteiger partial charge is 0.444 e. The second-order valence-electron chi connectivity index (χ2n) is 8.94. The van der Waals surface area contributed by atoms with E-state index >= 15 is 0 Å². The zero-order chi connectivity index (χ0) is 24.3. The first kappa shape index (κ1) is 25.1. The summed E-state index contributed by atoms with van der Waals surface area (Å²) in [6.07, 6.45) is -0.447. The van der Waals surface area contributed by atoms with Crippen molar-refractivity contribution in [2.75, 3.05) is 6.54 Å². The SMILES string of the molecule is CC(C)(C)OC(=O)N[C@H]1CC(Br)C(=O)N(CCc2ccccc2F)C1c1cc(F)ccc1F. The molecule has 0 aliphatic carbocycles. The summed E-state index contributed by atoms with van der Waals surface area (Å²) in [5.41, 5.74) is -0.457. The second-order valence-corrected chi connectivity index (χ2v) is 10.0. The zero-order valence-corrected chi connectivity index (χ0v) is 20.2. The minimum Gasteiger partial charge on any atom is -0.444 e. The van der Waals surface area contributed by atoms with Crippen molar-refractivity contribution in [2.45, 2.75) is 56.1 Å². The predicted molar refractivity (Wildman–Crippen MR) is 121 cm³/mol. The van der Waals surface area contributed by atoms with E-state index in [2.05, 4.69) is 21.2 Å². The van der Waals surface area contributed by atoms with Gasteiger partial charge in [0.05, 0.1) is 16.9 Å². The Hall–Kier alpha value is -2.55. The summed E-state index contributed by atoms with van der Waals surface area (Å²) in [5, 5.41) is 2.71. The van der Waals surface area contributed by atoms with Crippen LogP contribution in [0.1, 0.15) is 44.4 Å². The summed E-state index contributed by atoms with van der Waals surface area (Å²) < 4.78 is 48.4. The van der Waals surface area contributed by atoms with Gasteiger partial charge >= 0.3 is 6.09 Å². The Labute approximate surface area is 199 Å². The number of rotatable bonds is 5. The van der Waals surface area contributed by atoms with Gasteiger partial charge in [-0.1, -0.05) is 34.1 Å². The van der Waals surface area contributed by atoms with Crippen molar-refractivity contribution < 1.29 is 27.5 Å². The van der Waals surface area contributed by atoms with Crippen molar-refractivity contribution >= 4 is 27.9 Å². The smallest absolute Gasteiger partial charge is 0.407 e. The van der Waals surface area contributed by atoms with Gasteiger partial charge in [-0.05, 0) is 63.4 Å². The summed E-state index contributed by atoms with van der Waals surface area (Å²) in [5.74, 6) is -2.17. The van der Waals surface area contributed by atoms with Crippen LogP contribution in [0.3, 0.4) is 0 Å². The Balaban J connectivity index is 1.97. The molecule has 1 N–H and O–H groups in total. The molecule has 2 unspecified atom stereocenters. The standard InChI is InChI=1S/C24H26BrF3N2O3/c1-24(2,3)33-23(32)29-20-13-17(25)22(31)30(11-10-14-6-4-5-7-18(14)27)21(20)16-12-15(26)8-9-19(16)28/h4-9,12,17,20-21H,10-11,13H2,1-3H3,(H,29,32)/t17?,20-,21?/m0/s1. The Morgan fingerprint density at radius 1 is 1.15 bits per heavy atom. The average molecular weight is 527 g/mol. The van der Waals surface area contributed by atoms with Gasteiger partial charge in [-0.3, -0.25) is 4.79 Å². The number of nitrogens with one attached hydrogen (secondary N) is 1. The number of carbonyl (C=O) groups is 2. The molecule has 0 spiro atoms. The minimum atomic E-state index is -1.01. The summed E-state index contributed by atoms with van der Waals surface area (Å²) in [6, 6.07) is 7.35. The van der Waals surface area contributed by atoms with E-state index < -0.39 is 46.1 Å². The van der Waals surface area contributed by atoms with E-state index in [9.17, 15) is 22.8 Å². The van der Waals surface area contributed by atoms with Gasteiger partial charge in [-0.15, -0.1) is 0 Å². The molecule has 1 heterocycles. The van der Waals surface area contributed by atoms with Gasteiger partial charge in [-0.25, -0.2) is 18.0 Å². The van der Waals surface area contributed by atoms with Gasteiger partial charge in [0.25, 0.3) is 0 Å². The molecule has 2 aromatic carbocycles. The molecule has 0 saturated carbocycles. The maximum absolute atomic E-state index is 14.8. The van der Waals surface area contributed by atoms with Crippen LogP contribution in [-0.4, -0.2) is 39.9 Å². The third-order valence-electron chi connectivity index (χ3n) is 5.29. The topological polar surface area (TPSA) is 58.6 Å². The lowest BCUT2D eigenvalue weighted by Gasteiger charge is -2.43. The van der Waals surface area contributed by atoms with Crippen molar-refractivity contribution in [1.29, 1.82) is 0 Å². The average Bonchev–Trinajstić information content (AvgIpc) is 2.71. The van der Waals surface area contributed by atoms with Gasteiger partial charge in [0.1, 0.15) is 23.1 Å². The van der Waals surface area contributed by atoms with Crippen LogP contribution in [0.15, 0.2) is 42.5 Å². The van der Waals surface area contributed by atoms with E-state index in [1.807, 2.05) is 0 Å². The molecule has 33 heavy (non-hydrogen) atoms. The van der Waals surface area contributed by atoms with Gasteiger partial charge in [-0.2, -0.15) is 0 Å². The molecular formula is C24H26BrF3N2O3. The van der Waals surface area contributed by atoms with E-state index in [1.165, 1.54) is 11.0 Å². The van der Waals surface area contributed by atoms with Crippen LogP contribution in [0, 0.1) is 17.5 Å². The number of nitrogens with zero attached hydrogens (tertiary/aromatic N) is 1. The predicted octanol–water partition coefficient (Wildman–Crippen LogP) is 5.28. The lowest BCUT2D eigenvalue weighted by molar-refractivity contribution is -0.137. The fourth-order valence-electron chi connectivity index (χ4n) is 3.90. The second kappa shape index (κ2) is 10.2. The Morgan fingerprint density at radius 2 is 1.85 bits per heavy atom. The maximum Gasteiger partial charge on any atom is 0.407 e. The fraction of sp³-hybridized carbons (Fsp3) is 0.417. The van der Waals surface area contributed by atoms with Crippen LogP contribution < -0.4 is 5.32 Å².